The number of ether oxygens (including phenoxy) is 1. The Morgan fingerprint density at radius 1 is 1.45 bits per heavy atom. The molecule has 0 radical (unpaired) electrons. The minimum absolute atomic E-state index is 0.00587. The Morgan fingerprint density at radius 2 is 2.15 bits per heavy atom. The van der Waals surface area contributed by atoms with Gasteiger partial charge in [0.2, 0.25) is 0 Å². The van der Waals surface area contributed by atoms with Gasteiger partial charge in [0, 0.05) is 27.9 Å². The fraction of sp³-hybridized carbons (Fsp3) is 0.467. The lowest BCUT2D eigenvalue weighted by Gasteiger charge is -2.33. The van der Waals surface area contributed by atoms with E-state index in [0.717, 1.165) is 41.5 Å². The SMILES string of the molecule is CCOC(=O)C1CCN(c2cc(I)ccc2C=O)CC1. The number of benzene rings is 1. The summed E-state index contributed by atoms with van der Waals surface area (Å²) in [6.07, 6.45) is 2.45. The second-order valence-corrected chi connectivity index (χ2v) is 6.08. The van der Waals surface area contributed by atoms with Gasteiger partial charge in [0.05, 0.1) is 12.5 Å². The lowest BCUT2D eigenvalue weighted by molar-refractivity contribution is -0.148. The van der Waals surface area contributed by atoms with Gasteiger partial charge in [-0.05, 0) is 60.6 Å². The van der Waals surface area contributed by atoms with Crippen LogP contribution >= 0.6 is 22.6 Å². The van der Waals surface area contributed by atoms with Gasteiger partial charge in [-0.1, -0.05) is 0 Å². The van der Waals surface area contributed by atoms with Gasteiger partial charge in [0.1, 0.15) is 0 Å². The summed E-state index contributed by atoms with van der Waals surface area (Å²) in [5, 5.41) is 0. The van der Waals surface area contributed by atoms with Crippen LogP contribution in [-0.2, 0) is 9.53 Å². The van der Waals surface area contributed by atoms with Crippen molar-refractivity contribution < 1.29 is 14.3 Å². The number of aldehydes is 1. The van der Waals surface area contributed by atoms with Gasteiger partial charge in [-0.2, -0.15) is 0 Å². The zero-order valence-electron chi connectivity index (χ0n) is 11.5. The van der Waals surface area contributed by atoms with Crippen molar-refractivity contribution in [1.82, 2.24) is 0 Å². The maximum Gasteiger partial charge on any atom is 0.309 e. The van der Waals surface area contributed by atoms with Crippen molar-refractivity contribution in [2.24, 2.45) is 5.92 Å². The second kappa shape index (κ2) is 7.06. The molecule has 0 unspecified atom stereocenters. The van der Waals surface area contributed by atoms with E-state index >= 15 is 0 Å². The van der Waals surface area contributed by atoms with E-state index in [-0.39, 0.29) is 11.9 Å². The topological polar surface area (TPSA) is 46.6 Å². The van der Waals surface area contributed by atoms with Crippen molar-refractivity contribution in [3.63, 3.8) is 0 Å². The maximum atomic E-state index is 11.7. The number of piperidine rings is 1. The van der Waals surface area contributed by atoms with E-state index in [2.05, 4.69) is 27.5 Å². The lowest BCUT2D eigenvalue weighted by Crippen LogP contribution is -2.37. The first-order valence-corrected chi connectivity index (χ1v) is 7.90. The number of hydrogen-bond acceptors (Lipinski definition) is 4. The third-order valence-electron chi connectivity index (χ3n) is 3.58. The van der Waals surface area contributed by atoms with Crippen molar-refractivity contribution >= 4 is 40.5 Å². The summed E-state index contributed by atoms with van der Waals surface area (Å²) in [4.78, 5) is 25.0. The molecule has 0 spiro atoms. The zero-order chi connectivity index (χ0) is 14.5. The monoisotopic (exact) mass is 387 g/mol. The Balaban J connectivity index is 2.05. The molecule has 1 aliphatic heterocycles. The molecule has 0 N–H and O–H groups in total. The molecule has 1 heterocycles. The molecule has 1 aliphatic rings. The summed E-state index contributed by atoms with van der Waals surface area (Å²) >= 11 is 2.24. The van der Waals surface area contributed by atoms with Crippen LogP contribution in [0.2, 0.25) is 0 Å². The van der Waals surface area contributed by atoms with Crippen LogP contribution in [0.4, 0.5) is 5.69 Å². The number of esters is 1. The lowest BCUT2D eigenvalue weighted by atomic mass is 9.96. The molecule has 108 valence electrons. The summed E-state index contributed by atoms with van der Waals surface area (Å²) < 4.78 is 6.18. The van der Waals surface area contributed by atoms with Crippen LogP contribution in [0, 0.1) is 9.49 Å². The highest BCUT2D eigenvalue weighted by molar-refractivity contribution is 14.1. The smallest absolute Gasteiger partial charge is 0.309 e. The van der Waals surface area contributed by atoms with E-state index in [9.17, 15) is 9.59 Å². The first kappa shape index (κ1) is 15.3. The molecule has 1 saturated heterocycles. The van der Waals surface area contributed by atoms with Crippen LogP contribution in [0.3, 0.4) is 0 Å². The molecule has 5 heteroatoms. The summed E-state index contributed by atoms with van der Waals surface area (Å²) in [6, 6.07) is 5.80. The van der Waals surface area contributed by atoms with Crippen molar-refractivity contribution in [2.45, 2.75) is 19.8 Å². The van der Waals surface area contributed by atoms with Crippen LogP contribution in [0.1, 0.15) is 30.1 Å². The third kappa shape index (κ3) is 3.50. The molecule has 1 aromatic carbocycles. The van der Waals surface area contributed by atoms with E-state index in [0.29, 0.717) is 12.2 Å². The Bertz CT molecular complexity index is 496. The summed E-state index contributed by atoms with van der Waals surface area (Å²) in [6.45, 7) is 3.83. The van der Waals surface area contributed by atoms with Gasteiger partial charge >= 0.3 is 5.97 Å². The number of hydrogen-bond donors (Lipinski definition) is 0. The molecule has 0 atom stereocenters. The average Bonchev–Trinajstić information content (AvgIpc) is 2.47. The highest BCUT2D eigenvalue weighted by Crippen LogP contribution is 2.27. The number of halogens is 1. The molecular weight excluding hydrogens is 369 g/mol. The van der Waals surface area contributed by atoms with Gasteiger partial charge in [-0.25, -0.2) is 0 Å². The minimum atomic E-state index is -0.0922. The van der Waals surface area contributed by atoms with E-state index in [1.807, 2.05) is 25.1 Å². The van der Waals surface area contributed by atoms with E-state index in [1.54, 1.807) is 0 Å². The number of rotatable bonds is 4. The molecule has 1 aromatic rings. The van der Waals surface area contributed by atoms with Crippen molar-refractivity contribution in [3.8, 4) is 0 Å². The summed E-state index contributed by atoms with van der Waals surface area (Å²) in [7, 11) is 0. The highest BCUT2D eigenvalue weighted by Gasteiger charge is 2.26. The van der Waals surface area contributed by atoms with Crippen LogP contribution in [0.5, 0.6) is 0 Å². The Morgan fingerprint density at radius 3 is 2.75 bits per heavy atom. The Labute approximate surface area is 132 Å². The highest BCUT2D eigenvalue weighted by atomic mass is 127. The van der Waals surface area contributed by atoms with E-state index in [1.165, 1.54) is 0 Å². The predicted molar refractivity (Wildman–Crippen MR) is 86.1 cm³/mol. The predicted octanol–water partition coefficient (Wildman–Crippen LogP) is 2.88. The van der Waals surface area contributed by atoms with Gasteiger partial charge in [-0.15, -0.1) is 0 Å². The van der Waals surface area contributed by atoms with Crippen molar-refractivity contribution in [2.75, 3.05) is 24.6 Å². The Hall–Kier alpha value is -1.11. The average molecular weight is 387 g/mol. The molecule has 2 rings (SSSR count). The zero-order valence-corrected chi connectivity index (χ0v) is 13.6. The Kier molecular flexibility index (Phi) is 5.39. The number of carbonyl (C=O) groups excluding carboxylic acids is 2. The molecule has 0 saturated carbocycles. The molecule has 0 bridgehead atoms. The number of carbonyl (C=O) groups is 2. The summed E-state index contributed by atoms with van der Waals surface area (Å²) in [5.74, 6) is -0.0981. The normalized spacial score (nSPS) is 16.0. The van der Waals surface area contributed by atoms with Crippen LogP contribution in [0.25, 0.3) is 0 Å². The van der Waals surface area contributed by atoms with Gasteiger partial charge < -0.3 is 9.64 Å². The van der Waals surface area contributed by atoms with Gasteiger partial charge in [0.25, 0.3) is 0 Å². The molecule has 20 heavy (non-hydrogen) atoms. The second-order valence-electron chi connectivity index (χ2n) is 4.83. The fourth-order valence-electron chi connectivity index (χ4n) is 2.51. The van der Waals surface area contributed by atoms with Gasteiger partial charge in [-0.3, -0.25) is 9.59 Å². The molecular formula is C15H18INO3. The standard InChI is InChI=1S/C15H18INO3/c1-2-20-15(19)11-5-7-17(8-6-11)14-9-13(16)4-3-12(14)10-18/h3-4,9-11H,2,5-8H2,1H3. The fourth-order valence-corrected chi connectivity index (χ4v) is 2.98. The molecule has 0 amide bonds. The minimum Gasteiger partial charge on any atom is -0.466 e. The quantitative estimate of drug-likeness (QED) is 0.453. The van der Waals surface area contributed by atoms with Gasteiger partial charge in [0.15, 0.2) is 6.29 Å². The summed E-state index contributed by atoms with van der Waals surface area (Å²) in [5.41, 5.74) is 1.68. The maximum absolute atomic E-state index is 11.7. The van der Waals surface area contributed by atoms with Crippen LogP contribution < -0.4 is 4.90 Å². The number of nitrogens with zero attached hydrogens (tertiary/aromatic N) is 1. The molecule has 0 aromatic heterocycles. The third-order valence-corrected chi connectivity index (χ3v) is 4.25. The largest absolute Gasteiger partial charge is 0.466 e. The van der Waals surface area contributed by atoms with Crippen molar-refractivity contribution in [3.05, 3.63) is 27.3 Å². The van der Waals surface area contributed by atoms with Crippen molar-refractivity contribution in [1.29, 1.82) is 0 Å². The van der Waals surface area contributed by atoms with Crippen LogP contribution in [-0.4, -0.2) is 32.0 Å². The molecule has 0 aliphatic carbocycles. The molecule has 1 fully saturated rings. The van der Waals surface area contributed by atoms with E-state index < -0.39 is 0 Å². The van der Waals surface area contributed by atoms with E-state index in [4.69, 9.17) is 4.74 Å². The number of anilines is 1. The first-order valence-electron chi connectivity index (χ1n) is 6.82. The van der Waals surface area contributed by atoms with Crippen LogP contribution in [0.15, 0.2) is 18.2 Å². The molecule has 4 nitrogen and oxygen atoms in total. The first-order chi connectivity index (χ1) is 9.65.